The predicted octanol–water partition coefficient (Wildman–Crippen LogP) is 5.83. The summed E-state index contributed by atoms with van der Waals surface area (Å²) in [6, 6.07) is 12.9. The molecule has 1 aliphatic rings. The summed E-state index contributed by atoms with van der Waals surface area (Å²) in [7, 11) is 3.99. The van der Waals surface area contributed by atoms with E-state index in [9.17, 15) is 9.59 Å². The van der Waals surface area contributed by atoms with E-state index in [2.05, 4.69) is 19.2 Å². The minimum absolute atomic E-state index is 0.0552. The van der Waals surface area contributed by atoms with Gasteiger partial charge in [0.25, 0.3) is 5.91 Å². The molecule has 0 atom stereocenters. The average Bonchev–Trinajstić information content (AvgIpc) is 3.58. The van der Waals surface area contributed by atoms with Gasteiger partial charge in [-0.1, -0.05) is 37.6 Å². The molecule has 0 radical (unpaired) electrons. The molecule has 0 aliphatic heterocycles. The normalized spacial score (nSPS) is 13.2. The van der Waals surface area contributed by atoms with Crippen LogP contribution in [0.3, 0.4) is 0 Å². The molecule has 1 saturated carbocycles. The van der Waals surface area contributed by atoms with Gasteiger partial charge < -0.3 is 15.1 Å². The second-order valence-corrected chi connectivity index (χ2v) is 9.25. The lowest BCUT2D eigenvalue weighted by Gasteiger charge is -2.29. The van der Waals surface area contributed by atoms with Crippen molar-refractivity contribution in [2.24, 2.45) is 11.8 Å². The number of halogens is 1. The van der Waals surface area contributed by atoms with Crippen LogP contribution in [0.5, 0.6) is 0 Å². The molecule has 2 aromatic carbocycles. The number of rotatable bonds is 10. The highest BCUT2D eigenvalue weighted by atomic mass is 35.5. The quantitative estimate of drug-likeness (QED) is 0.490. The molecule has 6 heteroatoms. The van der Waals surface area contributed by atoms with Crippen LogP contribution in [0, 0.1) is 11.8 Å². The Bertz CT molecular complexity index is 952. The largest absolute Gasteiger partial charge is 0.377 e. The molecule has 0 unspecified atom stereocenters. The Balaban J connectivity index is 1.86. The van der Waals surface area contributed by atoms with Gasteiger partial charge in [0.1, 0.15) is 0 Å². The number of carbonyl (C=O) groups is 2. The van der Waals surface area contributed by atoms with Crippen LogP contribution in [-0.2, 0) is 11.3 Å². The van der Waals surface area contributed by atoms with Crippen molar-refractivity contribution in [2.45, 2.75) is 46.1 Å². The fourth-order valence-electron chi connectivity index (χ4n) is 4.02. The van der Waals surface area contributed by atoms with E-state index in [0.717, 1.165) is 30.6 Å². The monoisotopic (exact) mass is 455 g/mol. The van der Waals surface area contributed by atoms with Crippen LogP contribution in [-0.4, -0.2) is 37.4 Å². The van der Waals surface area contributed by atoms with E-state index in [1.165, 1.54) is 12.8 Å². The third kappa shape index (κ3) is 6.04. The lowest BCUT2D eigenvalue weighted by Crippen LogP contribution is -2.37. The van der Waals surface area contributed by atoms with Crippen LogP contribution < -0.4 is 10.2 Å². The molecular formula is C26H34ClN3O2. The standard InChI is InChI=1S/C26H34ClN3O2/c1-5-19(6-2)26(32)30(16-18-11-12-18)17-20-15-21(13-14-24(20)29(3)4)28-25(31)22-9-7-8-10-23(22)27/h7-10,13-15,18-19H,5-6,11-12,16-17H2,1-4H3,(H,28,31). The topological polar surface area (TPSA) is 52.7 Å². The molecule has 0 aromatic heterocycles. The summed E-state index contributed by atoms with van der Waals surface area (Å²) >= 11 is 6.19. The Morgan fingerprint density at radius 1 is 1.09 bits per heavy atom. The predicted molar refractivity (Wildman–Crippen MR) is 132 cm³/mol. The summed E-state index contributed by atoms with van der Waals surface area (Å²) < 4.78 is 0. The van der Waals surface area contributed by atoms with Crippen LogP contribution in [0.2, 0.25) is 5.02 Å². The second kappa shape index (κ2) is 10.9. The van der Waals surface area contributed by atoms with Crippen molar-refractivity contribution in [3.05, 3.63) is 58.6 Å². The van der Waals surface area contributed by atoms with E-state index in [-0.39, 0.29) is 17.7 Å². The SMILES string of the molecule is CCC(CC)C(=O)N(Cc1cc(NC(=O)c2ccccc2Cl)ccc1N(C)C)CC1CC1. The summed E-state index contributed by atoms with van der Waals surface area (Å²) in [5, 5.41) is 3.38. The molecule has 0 spiro atoms. The molecule has 1 fully saturated rings. The molecule has 2 aromatic rings. The molecule has 172 valence electrons. The summed E-state index contributed by atoms with van der Waals surface area (Å²) in [5.74, 6) is 0.651. The van der Waals surface area contributed by atoms with Crippen molar-refractivity contribution < 1.29 is 9.59 Å². The molecule has 0 bridgehead atoms. The number of nitrogens with one attached hydrogen (secondary N) is 1. The van der Waals surface area contributed by atoms with E-state index in [0.29, 0.717) is 28.7 Å². The van der Waals surface area contributed by atoms with E-state index in [1.54, 1.807) is 24.3 Å². The molecule has 0 saturated heterocycles. The number of carbonyl (C=O) groups excluding carboxylic acids is 2. The zero-order valence-electron chi connectivity index (χ0n) is 19.5. The number of amides is 2. The highest BCUT2D eigenvalue weighted by Crippen LogP contribution is 2.33. The van der Waals surface area contributed by atoms with Crippen molar-refractivity contribution in [2.75, 3.05) is 30.9 Å². The van der Waals surface area contributed by atoms with Gasteiger partial charge in [-0.3, -0.25) is 9.59 Å². The maximum absolute atomic E-state index is 13.3. The van der Waals surface area contributed by atoms with Crippen LogP contribution in [0.25, 0.3) is 0 Å². The summed E-state index contributed by atoms with van der Waals surface area (Å²) in [6.07, 6.45) is 4.10. The van der Waals surface area contributed by atoms with Gasteiger partial charge in [-0.2, -0.15) is 0 Å². The first-order chi connectivity index (χ1) is 15.3. The van der Waals surface area contributed by atoms with Crippen molar-refractivity contribution in [3.63, 3.8) is 0 Å². The average molecular weight is 456 g/mol. The van der Waals surface area contributed by atoms with Crippen molar-refractivity contribution >= 4 is 34.8 Å². The third-order valence-corrected chi connectivity index (χ3v) is 6.45. The zero-order valence-corrected chi connectivity index (χ0v) is 20.3. The van der Waals surface area contributed by atoms with E-state index in [4.69, 9.17) is 11.6 Å². The number of benzene rings is 2. The number of anilines is 2. The Hall–Kier alpha value is -2.53. The molecular weight excluding hydrogens is 422 g/mol. The van der Waals surface area contributed by atoms with Gasteiger partial charge in [0.05, 0.1) is 10.6 Å². The van der Waals surface area contributed by atoms with Gasteiger partial charge in [0.2, 0.25) is 5.91 Å². The van der Waals surface area contributed by atoms with E-state index in [1.807, 2.05) is 42.1 Å². The lowest BCUT2D eigenvalue weighted by atomic mass is 10.0. The number of hydrogen-bond acceptors (Lipinski definition) is 3. The highest BCUT2D eigenvalue weighted by molar-refractivity contribution is 6.34. The molecule has 2 amide bonds. The maximum Gasteiger partial charge on any atom is 0.257 e. The molecule has 1 N–H and O–H groups in total. The van der Waals surface area contributed by atoms with E-state index >= 15 is 0 Å². The molecule has 3 rings (SSSR count). The first-order valence-corrected chi connectivity index (χ1v) is 11.9. The minimum atomic E-state index is -0.248. The van der Waals surface area contributed by atoms with Gasteiger partial charge >= 0.3 is 0 Å². The fraction of sp³-hybridized carbons (Fsp3) is 0.462. The smallest absolute Gasteiger partial charge is 0.257 e. The third-order valence-electron chi connectivity index (χ3n) is 6.12. The fourth-order valence-corrected chi connectivity index (χ4v) is 4.24. The molecule has 5 nitrogen and oxygen atoms in total. The van der Waals surface area contributed by atoms with Crippen LogP contribution in [0.15, 0.2) is 42.5 Å². The first-order valence-electron chi connectivity index (χ1n) is 11.5. The van der Waals surface area contributed by atoms with Gasteiger partial charge in [-0.05, 0) is 67.5 Å². The second-order valence-electron chi connectivity index (χ2n) is 8.85. The molecule has 1 aliphatic carbocycles. The Morgan fingerprint density at radius 3 is 2.38 bits per heavy atom. The molecule has 0 heterocycles. The highest BCUT2D eigenvalue weighted by Gasteiger charge is 2.30. The maximum atomic E-state index is 13.3. The van der Waals surface area contributed by atoms with Crippen LogP contribution >= 0.6 is 11.6 Å². The number of hydrogen-bond donors (Lipinski definition) is 1. The summed E-state index contributed by atoms with van der Waals surface area (Å²) in [4.78, 5) is 30.1. The lowest BCUT2D eigenvalue weighted by molar-refractivity contribution is -0.136. The van der Waals surface area contributed by atoms with Crippen molar-refractivity contribution in [1.82, 2.24) is 4.90 Å². The summed E-state index contributed by atoms with van der Waals surface area (Å²) in [5.41, 5.74) is 3.19. The Morgan fingerprint density at radius 2 is 1.78 bits per heavy atom. The summed E-state index contributed by atoms with van der Waals surface area (Å²) in [6.45, 7) is 5.50. The Kier molecular flexibility index (Phi) is 8.19. The zero-order chi connectivity index (χ0) is 23.3. The van der Waals surface area contributed by atoms with Crippen molar-refractivity contribution in [3.8, 4) is 0 Å². The Labute approximate surface area is 196 Å². The van der Waals surface area contributed by atoms with Crippen molar-refractivity contribution in [1.29, 1.82) is 0 Å². The first kappa shape index (κ1) is 24.1. The molecule has 32 heavy (non-hydrogen) atoms. The van der Waals surface area contributed by atoms with Gasteiger partial charge in [0, 0.05) is 44.5 Å². The van der Waals surface area contributed by atoms with Gasteiger partial charge in [0.15, 0.2) is 0 Å². The van der Waals surface area contributed by atoms with Crippen LogP contribution in [0.1, 0.15) is 55.5 Å². The van der Waals surface area contributed by atoms with Gasteiger partial charge in [-0.25, -0.2) is 0 Å². The van der Waals surface area contributed by atoms with Crippen LogP contribution in [0.4, 0.5) is 11.4 Å². The van der Waals surface area contributed by atoms with Gasteiger partial charge in [-0.15, -0.1) is 0 Å². The number of nitrogens with zero attached hydrogens (tertiary/aromatic N) is 2. The van der Waals surface area contributed by atoms with E-state index < -0.39 is 0 Å². The minimum Gasteiger partial charge on any atom is -0.377 e.